The van der Waals surface area contributed by atoms with Gasteiger partial charge in [0, 0.05) is 30.2 Å². The van der Waals surface area contributed by atoms with Gasteiger partial charge >= 0.3 is 0 Å². The summed E-state index contributed by atoms with van der Waals surface area (Å²) in [5.41, 5.74) is 2.40. The van der Waals surface area contributed by atoms with Gasteiger partial charge in [0.2, 0.25) is 0 Å². The Morgan fingerprint density at radius 2 is 2.03 bits per heavy atom. The number of thiophene rings is 1. The highest BCUT2D eigenvalue weighted by atomic mass is 32.1. The van der Waals surface area contributed by atoms with Crippen LogP contribution in [0.4, 0.5) is 5.69 Å². The summed E-state index contributed by atoms with van der Waals surface area (Å²) in [6.07, 6.45) is 0.880. The van der Waals surface area contributed by atoms with E-state index < -0.39 is 6.10 Å². The SMILES string of the molecule is O=C(NCc1ccc(N2CCOCC2)cc1)c1cn(C[C@H](O)c2cccs2)nn1. The Labute approximate surface area is 172 Å². The zero-order valence-electron chi connectivity index (χ0n) is 15.9. The molecule has 9 heteroatoms. The summed E-state index contributed by atoms with van der Waals surface area (Å²) in [5, 5.41) is 22.8. The van der Waals surface area contributed by atoms with Gasteiger partial charge in [0.15, 0.2) is 5.69 Å². The van der Waals surface area contributed by atoms with Crippen molar-refractivity contribution in [3.8, 4) is 0 Å². The molecule has 1 fully saturated rings. The number of nitrogens with one attached hydrogen (secondary N) is 1. The number of anilines is 1. The molecule has 8 nitrogen and oxygen atoms in total. The first kappa shape index (κ1) is 19.6. The lowest BCUT2D eigenvalue weighted by molar-refractivity contribution is 0.0945. The number of hydrogen-bond acceptors (Lipinski definition) is 7. The minimum atomic E-state index is -0.669. The van der Waals surface area contributed by atoms with Gasteiger partial charge in [-0.05, 0) is 29.1 Å². The van der Waals surface area contributed by atoms with E-state index in [2.05, 4.69) is 32.7 Å². The van der Waals surface area contributed by atoms with Gasteiger partial charge in [-0.15, -0.1) is 16.4 Å². The van der Waals surface area contributed by atoms with E-state index in [1.54, 1.807) is 6.20 Å². The Balaban J connectivity index is 1.29. The maximum Gasteiger partial charge on any atom is 0.273 e. The number of carbonyl (C=O) groups is 1. The van der Waals surface area contributed by atoms with E-state index >= 15 is 0 Å². The van der Waals surface area contributed by atoms with Crippen LogP contribution in [0.25, 0.3) is 0 Å². The van der Waals surface area contributed by atoms with Crippen LogP contribution in [0.2, 0.25) is 0 Å². The number of ether oxygens (including phenoxy) is 1. The molecule has 0 radical (unpaired) electrons. The van der Waals surface area contributed by atoms with Gasteiger partial charge in [0.1, 0.15) is 6.10 Å². The predicted molar refractivity (Wildman–Crippen MR) is 110 cm³/mol. The minimum absolute atomic E-state index is 0.230. The average molecular weight is 414 g/mol. The molecule has 152 valence electrons. The zero-order chi connectivity index (χ0) is 20.1. The van der Waals surface area contributed by atoms with E-state index in [0.717, 1.165) is 42.4 Å². The van der Waals surface area contributed by atoms with Crippen LogP contribution in [0.15, 0.2) is 48.0 Å². The molecule has 4 rings (SSSR count). The lowest BCUT2D eigenvalue weighted by Gasteiger charge is -2.28. The van der Waals surface area contributed by atoms with Crippen molar-refractivity contribution in [2.45, 2.75) is 19.2 Å². The molecule has 1 aromatic carbocycles. The van der Waals surface area contributed by atoms with Gasteiger partial charge in [-0.2, -0.15) is 0 Å². The van der Waals surface area contributed by atoms with Gasteiger partial charge in [0.25, 0.3) is 5.91 Å². The number of benzene rings is 1. The van der Waals surface area contributed by atoms with Gasteiger partial charge in [-0.3, -0.25) is 4.79 Å². The quantitative estimate of drug-likeness (QED) is 0.614. The molecule has 1 aliphatic rings. The standard InChI is InChI=1S/C20H23N5O3S/c26-18(19-2-1-11-29-19)14-25-13-17(22-23-25)20(27)21-12-15-3-5-16(6-4-15)24-7-9-28-10-8-24/h1-6,11,13,18,26H,7-10,12,14H2,(H,21,27)/t18-/m0/s1. The summed E-state index contributed by atoms with van der Waals surface area (Å²) in [6.45, 7) is 3.96. The molecular weight excluding hydrogens is 390 g/mol. The lowest BCUT2D eigenvalue weighted by atomic mass is 10.2. The summed E-state index contributed by atoms with van der Waals surface area (Å²) in [7, 11) is 0. The lowest BCUT2D eigenvalue weighted by Crippen LogP contribution is -2.36. The van der Waals surface area contributed by atoms with Gasteiger partial charge in [0.05, 0.1) is 26.0 Å². The van der Waals surface area contributed by atoms with Gasteiger partial charge in [-0.1, -0.05) is 23.4 Å². The van der Waals surface area contributed by atoms with Crippen LogP contribution < -0.4 is 10.2 Å². The van der Waals surface area contributed by atoms with Crippen LogP contribution in [-0.4, -0.2) is 52.3 Å². The third-order valence-electron chi connectivity index (χ3n) is 4.77. The molecular formula is C20H23N5O3S. The van der Waals surface area contributed by atoms with Gasteiger partial charge in [-0.25, -0.2) is 4.68 Å². The Kier molecular flexibility index (Phi) is 6.18. The smallest absolute Gasteiger partial charge is 0.273 e. The van der Waals surface area contributed by atoms with E-state index in [0.29, 0.717) is 6.54 Å². The van der Waals surface area contributed by atoms with Crippen LogP contribution in [-0.2, 0) is 17.8 Å². The van der Waals surface area contributed by atoms with Crippen molar-refractivity contribution in [3.05, 3.63) is 64.1 Å². The molecule has 0 unspecified atom stereocenters. The van der Waals surface area contributed by atoms with Crippen molar-refractivity contribution in [2.24, 2.45) is 0 Å². The normalized spacial score (nSPS) is 15.3. The highest BCUT2D eigenvalue weighted by molar-refractivity contribution is 7.10. The number of aliphatic hydroxyl groups excluding tert-OH is 1. The van der Waals surface area contributed by atoms with Crippen molar-refractivity contribution in [1.82, 2.24) is 20.3 Å². The van der Waals surface area contributed by atoms with Crippen molar-refractivity contribution < 1.29 is 14.6 Å². The van der Waals surface area contributed by atoms with Crippen LogP contribution in [0.5, 0.6) is 0 Å². The number of carbonyl (C=O) groups excluding carboxylic acids is 1. The fourth-order valence-corrected chi connectivity index (χ4v) is 3.86. The second-order valence-corrected chi connectivity index (χ2v) is 7.78. The first-order chi connectivity index (χ1) is 14.2. The molecule has 0 aliphatic carbocycles. The Morgan fingerprint density at radius 1 is 1.24 bits per heavy atom. The molecule has 0 saturated carbocycles. The summed E-state index contributed by atoms with van der Waals surface area (Å²) < 4.78 is 6.86. The molecule has 0 bridgehead atoms. The molecule has 3 heterocycles. The number of amides is 1. The number of morpholine rings is 1. The first-order valence-corrected chi connectivity index (χ1v) is 10.4. The summed E-state index contributed by atoms with van der Waals surface area (Å²) in [5.74, 6) is -0.292. The molecule has 2 aromatic heterocycles. The third kappa shape index (κ3) is 5.00. The Hall–Kier alpha value is -2.75. The van der Waals surface area contributed by atoms with Crippen molar-refractivity contribution >= 4 is 22.9 Å². The average Bonchev–Trinajstić information content (AvgIpc) is 3.45. The summed E-state index contributed by atoms with van der Waals surface area (Å²) in [4.78, 5) is 15.5. The largest absolute Gasteiger partial charge is 0.386 e. The second-order valence-electron chi connectivity index (χ2n) is 6.81. The third-order valence-corrected chi connectivity index (χ3v) is 5.74. The molecule has 1 atom stereocenters. The molecule has 1 amide bonds. The van der Waals surface area contributed by atoms with Crippen LogP contribution in [0.3, 0.4) is 0 Å². The summed E-state index contributed by atoms with van der Waals surface area (Å²) in [6, 6.07) is 11.9. The highest BCUT2D eigenvalue weighted by Crippen LogP contribution is 2.20. The molecule has 3 aromatic rings. The molecule has 1 aliphatic heterocycles. The minimum Gasteiger partial charge on any atom is -0.386 e. The van der Waals surface area contributed by atoms with Crippen molar-refractivity contribution in [3.63, 3.8) is 0 Å². The van der Waals surface area contributed by atoms with Gasteiger partial charge < -0.3 is 20.1 Å². The number of hydrogen-bond donors (Lipinski definition) is 2. The van der Waals surface area contributed by atoms with E-state index in [9.17, 15) is 9.90 Å². The van der Waals surface area contributed by atoms with Crippen molar-refractivity contribution in [2.75, 3.05) is 31.2 Å². The fourth-order valence-electron chi connectivity index (χ4n) is 3.16. The monoisotopic (exact) mass is 413 g/mol. The first-order valence-electron chi connectivity index (χ1n) is 9.50. The molecule has 2 N–H and O–H groups in total. The van der Waals surface area contributed by atoms with E-state index in [4.69, 9.17) is 4.74 Å². The Morgan fingerprint density at radius 3 is 2.76 bits per heavy atom. The Bertz CT molecular complexity index is 920. The molecule has 29 heavy (non-hydrogen) atoms. The number of nitrogens with zero attached hydrogens (tertiary/aromatic N) is 4. The van der Waals surface area contributed by atoms with E-state index in [1.807, 2.05) is 29.6 Å². The van der Waals surface area contributed by atoms with E-state index in [-0.39, 0.29) is 18.1 Å². The van der Waals surface area contributed by atoms with Crippen LogP contribution >= 0.6 is 11.3 Å². The predicted octanol–water partition coefficient (Wildman–Crippen LogP) is 1.84. The zero-order valence-corrected chi connectivity index (χ0v) is 16.7. The number of aliphatic hydroxyl groups is 1. The maximum absolute atomic E-state index is 12.4. The number of rotatable bonds is 7. The number of aromatic nitrogens is 3. The summed E-state index contributed by atoms with van der Waals surface area (Å²) >= 11 is 1.48. The topological polar surface area (TPSA) is 92.5 Å². The molecule has 0 spiro atoms. The maximum atomic E-state index is 12.4. The molecule has 1 saturated heterocycles. The van der Waals surface area contributed by atoms with E-state index in [1.165, 1.54) is 16.0 Å². The highest BCUT2D eigenvalue weighted by Gasteiger charge is 2.15. The van der Waals surface area contributed by atoms with Crippen LogP contribution in [0.1, 0.15) is 27.0 Å². The fraction of sp³-hybridized carbons (Fsp3) is 0.350. The van der Waals surface area contributed by atoms with Crippen LogP contribution in [0, 0.1) is 0 Å². The second kappa shape index (κ2) is 9.17. The van der Waals surface area contributed by atoms with Crippen molar-refractivity contribution in [1.29, 1.82) is 0 Å².